The Morgan fingerprint density at radius 1 is 1.08 bits per heavy atom. The quantitative estimate of drug-likeness (QED) is 0.665. The monoisotopic (exact) mass is 339 g/mol. The summed E-state index contributed by atoms with van der Waals surface area (Å²) in [6, 6.07) is 10.9. The van der Waals surface area contributed by atoms with Crippen LogP contribution in [-0.2, 0) is 9.53 Å². The van der Waals surface area contributed by atoms with Crippen LogP contribution in [0.4, 0.5) is 5.69 Å². The maximum atomic E-state index is 12.3. The van der Waals surface area contributed by atoms with Crippen LogP contribution in [0.2, 0.25) is 0 Å². The Balaban J connectivity index is 2.24. The van der Waals surface area contributed by atoms with Gasteiger partial charge in [0.15, 0.2) is 0 Å². The minimum atomic E-state index is -0.497. The van der Waals surface area contributed by atoms with E-state index in [2.05, 4.69) is 5.32 Å². The van der Waals surface area contributed by atoms with E-state index in [0.29, 0.717) is 17.0 Å². The second-order valence-electron chi connectivity index (χ2n) is 5.56. The highest BCUT2D eigenvalue weighted by Crippen LogP contribution is 2.23. The first-order valence-corrected chi connectivity index (χ1v) is 7.78. The van der Waals surface area contributed by atoms with Crippen LogP contribution in [0.25, 0.3) is 6.08 Å². The number of hydrogen-bond donors (Lipinski definition) is 1. The molecule has 0 aromatic heterocycles. The summed E-state index contributed by atoms with van der Waals surface area (Å²) in [6.45, 7) is 3.78. The summed E-state index contributed by atoms with van der Waals surface area (Å²) in [5, 5.41) is 2.75. The average Bonchev–Trinajstić information content (AvgIpc) is 2.61. The number of anilines is 1. The fourth-order valence-electron chi connectivity index (χ4n) is 2.43. The third-order valence-corrected chi connectivity index (χ3v) is 3.73. The molecule has 2 aromatic rings. The lowest BCUT2D eigenvalue weighted by Gasteiger charge is -2.11. The smallest absolute Gasteiger partial charge is 0.339 e. The molecule has 0 aliphatic carbocycles. The van der Waals surface area contributed by atoms with E-state index >= 15 is 0 Å². The van der Waals surface area contributed by atoms with Crippen molar-refractivity contribution in [3.8, 4) is 5.75 Å². The van der Waals surface area contributed by atoms with E-state index < -0.39 is 5.97 Å². The number of nitrogens with one attached hydrogen (secondary N) is 1. The number of carbonyl (C=O) groups excluding carboxylic acids is 2. The van der Waals surface area contributed by atoms with Crippen molar-refractivity contribution in [2.75, 3.05) is 19.5 Å². The van der Waals surface area contributed by atoms with Crippen molar-refractivity contribution in [3.05, 3.63) is 64.7 Å². The van der Waals surface area contributed by atoms with Gasteiger partial charge in [0.2, 0.25) is 5.91 Å². The highest BCUT2D eigenvalue weighted by atomic mass is 16.5. The second kappa shape index (κ2) is 8.15. The van der Waals surface area contributed by atoms with Crippen molar-refractivity contribution in [2.45, 2.75) is 13.8 Å². The fraction of sp³-hybridized carbons (Fsp3) is 0.200. The number of aryl methyl sites for hydroxylation is 2. The molecule has 0 unspecified atom stereocenters. The molecule has 5 heteroatoms. The molecule has 0 aliphatic rings. The highest BCUT2D eigenvalue weighted by Gasteiger charge is 2.14. The molecule has 2 rings (SSSR count). The summed E-state index contributed by atoms with van der Waals surface area (Å²) in [6.07, 6.45) is 3.09. The number of carbonyl (C=O) groups is 2. The van der Waals surface area contributed by atoms with Crippen LogP contribution < -0.4 is 10.1 Å². The van der Waals surface area contributed by atoms with Crippen LogP contribution in [0.15, 0.2) is 42.5 Å². The zero-order chi connectivity index (χ0) is 18.4. The van der Waals surface area contributed by atoms with E-state index in [9.17, 15) is 9.59 Å². The molecule has 130 valence electrons. The van der Waals surface area contributed by atoms with Crippen LogP contribution >= 0.6 is 0 Å². The topological polar surface area (TPSA) is 64.6 Å². The molecule has 25 heavy (non-hydrogen) atoms. The summed E-state index contributed by atoms with van der Waals surface area (Å²) < 4.78 is 10.1. The van der Waals surface area contributed by atoms with E-state index in [4.69, 9.17) is 9.47 Å². The minimum Gasteiger partial charge on any atom is -0.496 e. The molecular weight excluding hydrogens is 318 g/mol. The lowest BCUT2D eigenvalue weighted by atomic mass is 10.1. The lowest BCUT2D eigenvalue weighted by molar-refractivity contribution is -0.111. The molecule has 0 radical (unpaired) electrons. The predicted octanol–water partition coefficient (Wildman–Crippen LogP) is 3.75. The Morgan fingerprint density at radius 3 is 2.52 bits per heavy atom. The number of esters is 1. The van der Waals surface area contributed by atoms with E-state index in [1.54, 1.807) is 25.3 Å². The maximum absolute atomic E-state index is 12.3. The molecule has 0 fully saturated rings. The van der Waals surface area contributed by atoms with E-state index in [-0.39, 0.29) is 5.91 Å². The summed E-state index contributed by atoms with van der Waals surface area (Å²) >= 11 is 0. The van der Waals surface area contributed by atoms with E-state index in [1.807, 2.05) is 38.1 Å². The van der Waals surface area contributed by atoms with Crippen LogP contribution in [-0.4, -0.2) is 26.1 Å². The molecular formula is C20H21NO4. The van der Waals surface area contributed by atoms with Gasteiger partial charge < -0.3 is 14.8 Å². The number of amides is 1. The molecule has 0 saturated carbocycles. The van der Waals surface area contributed by atoms with Gasteiger partial charge in [-0.1, -0.05) is 23.8 Å². The normalized spacial score (nSPS) is 10.6. The first-order chi connectivity index (χ1) is 12.0. The SMILES string of the molecule is COC(=O)c1cccc(C)c1NC(=O)/C=C/c1cc(C)ccc1OC. The van der Waals surface area contributed by atoms with Crippen LogP contribution in [0.3, 0.4) is 0 Å². The van der Waals surface area contributed by atoms with Crippen LogP contribution in [0, 0.1) is 13.8 Å². The molecule has 5 nitrogen and oxygen atoms in total. The van der Waals surface area contributed by atoms with Crippen molar-refractivity contribution in [3.63, 3.8) is 0 Å². The van der Waals surface area contributed by atoms with Gasteiger partial charge in [-0.15, -0.1) is 0 Å². The van der Waals surface area contributed by atoms with Crippen molar-refractivity contribution in [1.82, 2.24) is 0 Å². The van der Waals surface area contributed by atoms with Crippen molar-refractivity contribution >= 4 is 23.6 Å². The molecule has 1 N–H and O–H groups in total. The van der Waals surface area contributed by atoms with Gasteiger partial charge in [-0.3, -0.25) is 4.79 Å². The number of benzene rings is 2. The second-order valence-corrected chi connectivity index (χ2v) is 5.56. The van der Waals surface area contributed by atoms with Crippen LogP contribution in [0.1, 0.15) is 27.0 Å². The summed E-state index contributed by atoms with van der Waals surface area (Å²) in [5.41, 5.74) is 3.40. The van der Waals surface area contributed by atoms with Gasteiger partial charge in [-0.05, 0) is 43.7 Å². The number of para-hydroxylation sites is 1. The van der Waals surface area contributed by atoms with Crippen molar-refractivity contribution in [1.29, 1.82) is 0 Å². The third-order valence-electron chi connectivity index (χ3n) is 3.73. The molecule has 0 heterocycles. The zero-order valence-electron chi connectivity index (χ0n) is 14.8. The molecule has 1 amide bonds. The van der Waals surface area contributed by atoms with Crippen molar-refractivity contribution < 1.29 is 19.1 Å². The van der Waals surface area contributed by atoms with Gasteiger partial charge in [-0.25, -0.2) is 4.79 Å². The summed E-state index contributed by atoms with van der Waals surface area (Å²) in [4.78, 5) is 24.2. The molecule has 0 atom stereocenters. The lowest BCUT2D eigenvalue weighted by Crippen LogP contribution is -2.14. The van der Waals surface area contributed by atoms with E-state index in [0.717, 1.165) is 16.7 Å². The Kier molecular flexibility index (Phi) is 5.95. The minimum absolute atomic E-state index is 0.317. The Hall–Kier alpha value is -3.08. The zero-order valence-corrected chi connectivity index (χ0v) is 14.8. The maximum Gasteiger partial charge on any atom is 0.339 e. The Labute approximate surface area is 147 Å². The molecule has 0 aliphatic heterocycles. The molecule has 0 spiro atoms. The van der Waals surface area contributed by atoms with Gasteiger partial charge >= 0.3 is 5.97 Å². The standard InChI is InChI=1S/C20H21NO4/c1-13-8-10-17(24-3)15(12-13)9-11-18(22)21-19-14(2)6-5-7-16(19)20(23)25-4/h5-12H,1-4H3,(H,21,22)/b11-9+. The highest BCUT2D eigenvalue weighted by molar-refractivity contribution is 6.07. The first-order valence-electron chi connectivity index (χ1n) is 7.78. The Bertz CT molecular complexity index is 824. The fourth-order valence-corrected chi connectivity index (χ4v) is 2.43. The van der Waals surface area contributed by atoms with Crippen LogP contribution in [0.5, 0.6) is 5.75 Å². The summed E-state index contributed by atoms with van der Waals surface area (Å²) in [7, 11) is 2.89. The van der Waals surface area contributed by atoms with Crippen molar-refractivity contribution in [2.24, 2.45) is 0 Å². The molecule has 0 bridgehead atoms. The number of methoxy groups -OCH3 is 2. The number of rotatable bonds is 5. The van der Waals surface area contributed by atoms with Gasteiger partial charge in [0.05, 0.1) is 25.5 Å². The van der Waals surface area contributed by atoms with Gasteiger partial charge in [0.1, 0.15) is 5.75 Å². The largest absolute Gasteiger partial charge is 0.496 e. The van der Waals surface area contributed by atoms with Gasteiger partial charge in [0, 0.05) is 11.6 Å². The number of hydrogen-bond acceptors (Lipinski definition) is 4. The predicted molar refractivity (Wildman–Crippen MR) is 97.9 cm³/mol. The van der Waals surface area contributed by atoms with Gasteiger partial charge in [-0.2, -0.15) is 0 Å². The number of ether oxygens (including phenoxy) is 2. The molecule has 0 saturated heterocycles. The van der Waals surface area contributed by atoms with E-state index in [1.165, 1.54) is 13.2 Å². The first kappa shape index (κ1) is 18.3. The average molecular weight is 339 g/mol. The summed E-state index contributed by atoms with van der Waals surface area (Å²) in [5.74, 6) is -0.160. The Morgan fingerprint density at radius 2 is 1.84 bits per heavy atom. The third kappa shape index (κ3) is 4.47. The molecule has 2 aromatic carbocycles. The van der Waals surface area contributed by atoms with Gasteiger partial charge in [0.25, 0.3) is 0 Å².